The van der Waals surface area contributed by atoms with Crippen LogP contribution in [0.5, 0.6) is 0 Å². The highest BCUT2D eigenvalue weighted by molar-refractivity contribution is 5.32. The second-order valence-electron chi connectivity index (χ2n) is 5.14. The Kier molecular flexibility index (Phi) is 4.87. The van der Waals surface area contributed by atoms with Crippen molar-refractivity contribution in [2.75, 3.05) is 26.2 Å². The van der Waals surface area contributed by atoms with Gasteiger partial charge in [-0.3, -0.25) is 10.1 Å². The predicted molar refractivity (Wildman–Crippen MR) is 73.1 cm³/mol. The van der Waals surface area contributed by atoms with E-state index in [0.29, 0.717) is 12.5 Å². The largest absolute Gasteiger partial charge is 0.396 e. The van der Waals surface area contributed by atoms with Gasteiger partial charge in [0.15, 0.2) is 0 Å². The molecule has 5 nitrogen and oxygen atoms in total. The Hall–Kier alpha value is -1.46. The molecule has 2 rings (SSSR count). The number of hydrogen-bond acceptors (Lipinski definition) is 4. The average molecular weight is 264 g/mol. The Morgan fingerprint density at radius 2 is 1.89 bits per heavy atom. The smallest absolute Gasteiger partial charge is 0.269 e. The summed E-state index contributed by atoms with van der Waals surface area (Å²) in [6.07, 6.45) is 3.05. The summed E-state index contributed by atoms with van der Waals surface area (Å²) in [5, 5.41) is 19.6. The zero-order valence-corrected chi connectivity index (χ0v) is 11.0. The summed E-state index contributed by atoms with van der Waals surface area (Å²) >= 11 is 0. The number of benzene rings is 1. The molecule has 1 heterocycles. The van der Waals surface area contributed by atoms with E-state index >= 15 is 0 Å². The molecule has 0 aromatic heterocycles. The van der Waals surface area contributed by atoms with Gasteiger partial charge in [-0.15, -0.1) is 0 Å². The van der Waals surface area contributed by atoms with E-state index in [1.807, 2.05) is 12.1 Å². The van der Waals surface area contributed by atoms with Crippen LogP contribution in [-0.2, 0) is 6.42 Å². The van der Waals surface area contributed by atoms with Gasteiger partial charge in [-0.05, 0) is 43.8 Å². The highest BCUT2D eigenvalue weighted by atomic mass is 16.6. The molecule has 0 bridgehead atoms. The van der Waals surface area contributed by atoms with E-state index in [2.05, 4.69) is 4.90 Å². The molecule has 0 unspecified atom stereocenters. The first-order chi connectivity index (χ1) is 9.19. The fourth-order valence-corrected chi connectivity index (χ4v) is 2.46. The molecule has 1 N–H and O–H groups in total. The second kappa shape index (κ2) is 6.63. The van der Waals surface area contributed by atoms with Crippen molar-refractivity contribution in [3.63, 3.8) is 0 Å². The maximum Gasteiger partial charge on any atom is 0.269 e. The van der Waals surface area contributed by atoms with Crippen LogP contribution in [-0.4, -0.2) is 41.2 Å². The number of nitrogens with zero attached hydrogens (tertiary/aromatic N) is 2. The molecule has 0 aliphatic carbocycles. The molecule has 1 fully saturated rings. The maximum atomic E-state index is 10.6. The maximum absolute atomic E-state index is 10.6. The van der Waals surface area contributed by atoms with Crippen molar-refractivity contribution in [1.29, 1.82) is 0 Å². The Morgan fingerprint density at radius 3 is 2.42 bits per heavy atom. The highest BCUT2D eigenvalue weighted by Gasteiger charge is 2.17. The molecule has 1 aromatic carbocycles. The van der Waals surface area contributed by atoms with E-state index in [9.17, 15) is 10.1 Å². The lowest BCUT2D eigenvalue weighted by atomic mass is 9.97. The third-order valence-electron chi connectivity index (χ3n) is 3.83. The summed E-state index contributed by atoms with van der Waals surface area (Å²) in [6, 6.07) is 6.79. The van der Waals surface area contributed by atoms with Gasteiger partial charge in [0.1, 0.15) is 0 Å². The zero-order chi connectivity index (χ0) is 13.7. The fourth-order valence-electron chi connectivity index (χ4n) is 2.46. The van der Waals surface area contributed by atoms with Crippen LogP contribution < -0.4 is 0 Å². The first-order valence-corrected chi connectivity index (χ1v) is 6.75. The Morgan fingerprint density at radius 1 is 1.26 bits per heavy atom. The van der Waals surface area contributed by atoms with Gasteiger partial charge < -0.3 is 10.0 Å². The molecule has 0 saturated carbocycles. The minimum absolute atomic E-state index is 0.146. The average Bonchev–Trinajstić information content (AvgIpc) is 2.46. The number of nitro groups is 1. The monoisotopic (exact) mass is 264 g/mol. The van der Waals surface area contributed by atoms with Crippen LogP contribution in [0, 0.1) is 16.0 Å². The molecule has 19 heavy (non-hydrogen) atoms. The number of piperidine rings is 1. The van der Waals surface area contributed by atoms with Gasteiger partial charge in [0.05, 0.1) is 4.92 Å². The van der Waals surface area contributed by atoms with Crippen molar-refractivity contribution in [1.82, 2.24) is 4.90 Å². The molecule has 1 aliphatic rings. The van der Waals surface area contributed by atoms with Gasteiger partial charge in [0.25, 0.3) is 5.69 Å². The molecule has 0 radical (unpaired) electrons. The number of aliphatic hydroxyl groups excluding tert-OH is 1. The summed E-state index contributed by atoms with van der Waals surface area (Å²) < 4.78 is 0. The van der Waals surface area contributed by atoms with E-state index in [4.69, 9.17) is 5.11 Å². The standard InChI is InChI=1S/C14H20N2O3/c17-11-13-6-9-15(10-7-13)8-5-12-1-3-14(4-2-12)16(18)19/h1-4,13,17H,5-11H2. The van der Waals surface area contributed by atoms with Crippen LogP contribution in [0.2, 0.25) is 0 Å². The summed E-state index contributed by atoms with van der Waals surface area (Å²) in [5.41, 5.74) is 1.28. The van der Waals surface area contributed by atoms with Crippen molar-refractivity contribution in [2.24, 2.45) is 5.92 Å². The number of non-ortho nitro benzene ring substituents is 1. The Labute approximate surface area is 113 Å². The topological polar surface area (TPSA) is 66.6 Å². The molecule has 104 valence electrons. The van der Waals surface area contributed by atoms with Crippen molar-refractivity contribution in [2.45, 2.75) is 19.3 Å². The molecule has 1 aliphatic heterocycles. The summed E-state index contributed by atoms with van der Waals surface area (Å²) in [5.74, 6) is 0.468. The summed E-state index contributed by atoms with van der Waals surface area (Å²) in [7, 11) is 0. The molecule has 0 spiro atoms. The van der Waals surface area contributed by atoms with E-state index in [-0.39, 0.29) is 10.6 Å². The molecule has 1 aromatic rings. The molecule has 0 amide bonds. The fraction of sp³-hybridized carbons (Fsp3) is 0.571. The lowest BCUT2D eigenvalue weighted by Gasteiger charge is -2.30. The number of likely N-dealkylation sites (tertiary alicyclic amines) is 1. The Balaban J connectivity index is 1.78. The summed E-state index contributed by atoms with van der Waals surface area (Å²) in [4.78, 5) is 12.6. The number of hydrogen-bond donors (Lipinski definition) is 1. The van der Waals surface area contributed by atoms with Gasteiger partial charge in [-0.1, -0.05) is 12.1 Å². The van der Waals surface area contributed by atoms with E-state index in [1.54, 1.807) is 12.1 Å². The highest BCUT2D eigenvalue weighted by Crippen LogP contribution is 2.17. The van der Waals surface area contributed by atoms with E-state index < -0.39 is 0 Å². The van der Waals surface area contributed by atoms with Crippen LogP contribution in [0.15, 0.2) is 24.3 Å². The third kappa shape index (κ3) is 4.01. The van der Waals surface area contributed by atoms with Crippen molar-refractivity contribution < 1.29 is 10.0 Å². The first-order valence-electron chi connectivity index (χ1n) is 6.75. The minimum Gasteiger partial charge on any atom is -0.396 e. The second-order valence-corrected chi connectivity index (χ2v) is 5.14. The zero-order valence-electron chi connectivity index (χ0n) is 11.0. The van der Waals surface area contributed by atoms with Crippen molar-refractivity contribution in [3.8, 4) is 0 Å². The number of rotatable bonds is 5. The van der Waals surface area contributed by atoms with Gasteiger partial charge in [-0.25, -0.2) is 0 Å². The van der Waals surface area contributed by atoms with Gasteiger partial charge in [-0.2, -0.15) is 0 Å². The van der Waals surface area contributed by atoms with Crippen LogP contribution >= 0.6 is 0 Å². The van der Waals surface area contributed by atoms with Gasteiger partial charge in [0.2, 0.25) is 0 Å². The van der Waals surface area contributed by atoms with Crippen molar-refractivity contribution in [3.05, 3.63) is 39.9 Å². The van der Waals surface area contributed by atoms with Crippen LogP contribution in [0.25, 0.3) is 0 Å². The van der Waals surface area contributed by atoms with E-state index in [0.717, 1.165) is 44.5 Å². The molecular weight excluding hydrogens is 244 g/mol. The van der Waals surface area contributed by atoms with Crippen molar-refractivity contribution >= 4 is 5.69 Å². The van der Waals surface area contributed by atoms with Crippen LogP contribution in [0.4, 0.5) is 5.69 Å². The van der Waals surface area contributed by atoms with Crippen LogP contribution in [0.3, 0.4) is 0 Å². The SMILES string of the molecule is O=[N+]([O-])c1ccc(CCN2CCC(CO)CC2)cc1. The number of nitro benzene ring substituents is 1. The minimum atomic E-state index is -0.372. The first kappa shape index (κ1) is 14.0. The lowest BCUT2D eigenvalue weighted by Crippen LogP contribution is -2.36. The van der Waals surface area contributed by atoms with Crippen LogP contribution in [0.1, 0.15) is 18.4 Å². The van der Waals surface area contributed by atoms with Gasteiger partial charge in [0, 0.05) is 25.3 Å². The van der Waals surface area contributed by atoms with E-state index in [1.165, 1.54) is 0 Å². The molecule has 0 atom stereocenters. The number of aliphatic hydroxyl groups is 1. The lowest BCUT2D eigenvalue weighted by molar-refractivity contribution is -0.384. The normalized spacial score (nSPS) is 17.5. The molecular formula is C14H20N2O3. The Bertz CT molecular complexity index is 411. The predicted octanol–water partition coefficient (Wildman–Crippen LogP) is 1.84. The molecule has 5 heteroatoms. The quantitative estimate of drug-likeness (QED) is 0.651. The third-order valence-corrected chi connectivity index (χ3v) is 3.83. The van der Waals surface area contributed by atoms with Gasteiger partial charge >= 0.3 is 0 Å². The molecule has 1 saturated heterocycles. The summed E-state index contributed by atoms with van der Waals surface area (Å²) in [6.45, 7) is 3.36.